The fraction of sp³-hybridized carbons (Fsp3) is 0.278. The normalized spacial score (nSPS) is 11.5. The Morgan fingerprint density at radius 2 is 1.80 bits per heavy atom. The van der Waals surface area contributed by atoms with Gasteiger partial charge in [0.2, 0.25) is 0 Å². The quantitative estimate of drug-likeness (QED) is 0.591. The smallest absolute Gasteiger partial charge is 0.368 e. The summed E-state index contributed by atoms with van der Waals surface area (Å²) < 4.78 is 39.7. The molecule has 2 N–H and O–H groups in total. The summed E-state index contributed by atoms with van der Waals surface area (Å²) in [6.45, 7) is 0.341. The molecule has 0 unspecified atom stereocenters. The van der Waals surface area contributed by atoms with Crippen molar-refractivity contribution < 1.29 is 18.0 Å². The van der Waals surface area contributed by atoms with E-state index in [1.807, 2.05) is 0 Å². The second-order valence-electron chi connectivity index (χ2n) is 6.39. The van der Waals surface area contributed by atoms with Crippen LogP contribution < -0.4 is 21.9 Å². The standard InChI is InChI=1S/C18H17F3N6O3/c1-26-14-11(16(29)27(2)17(26)30)4-5-12(25-14)15(28)23-8-7-22-13-6-3-10(9-24-13)18(19,20)21/h3-6,9H,7-8H2,1-2H3,(H,22,24)(H,23,28). The van der Waals surface area contributed by atoms with Gasteiger partial charge in [-0.2, -0.15) is 13.2 Å². The number of nitrogens with one attached hydrogen (secondary N) is 2. The highest BCUT2D eigenvalue weighted by atomic mass is 19.4. The van der Waals surface area contributed by atoms with E-state index in [0.29, 0.717) is 6.20 Å². The Balaban J connectivity index is 1.63. The summed E-state index contributed by atoms with van der Waals surface area (Å²) in [7, 11) is 2.79. The molecule has 0 saturated heterocycles. The Bertz CT molecular complexity index is 1220. The topological polar surface area (TPSA) is 111 Å². The number of aromatic nitrogens is 4. The average molecular weight is 422 g/mol. The molecule has 0 fully saturated rings. The van der Waals surface area contributed by atoms with Gasteiger partial charge < -0.3 is 10.6 Å². The molecule has 3 heterocycles. The first-order valence-electron chi connectivity index (χ1n) is 8.71. The molecule has 3 aromatic heterocycles. The van der Waals surface area contributed by atoms with Crippen molar-refractivity contribution in [1.82, 2.24) is 24.4 Å². The van der Waals surface area contributed by atoms with Crippen LogP contribution in [0.4, 0.5) is 19.0 Å². The average Bonchev–Trinajstić information content (AvgIpc) is 2.72. The van der Waals surface area contributed by atoms with E-state index in [1.54, 1.807) is 0 Å². The molecule has 0 saturated carbocycles. The van der Waals surface area contributed by atoms with Crippen LogP contribution in [-0.2, 0) is 20.3 Å². The van der Waals surface area contributed by atoms with Gasteiger partial charge in [-0.3, -0.25) is 18.7 Å². The molecule has 0 aliphatic carbocycles. The Hall–Kier alpha value is -3.70. The monoisotopic (exact) mass is 422 g/mol. The minimum atomic E-state index is -4.46. The molecule has 0 bridgehead atoms. The molecule has 1 amide bonds. The Labute approximate surface area is 167 Å². The molecule has 0 aromatic carbocycles. The molecule has 30 heavy (non-hydrogen) atoms. The lowest BCUT2D eigenvalue weighted by Gasteiger charge is -2.10. The highest BCUT2D eigenvalue weighted by molar-refractivity contribution is 5.94. The summed E-state index contributed by atoms with van der Waals surface area (Å²) in [5, 5.41) is 5.57. The van der Waals surface area contributed by atoms with Crippen molar-refractivity contribution in [3.63, 3.8) is 0 Å². The molecular formula is C18H17F3N6O3. The predicted octanol–water partition coefficient (Wildman–Crippen LogP) is 0.888. The number of pyridine rings is 2. The van der Waals surface area contributed by atoms with Crippen molar-refractivity contribution in [3.05, 3.63) is 62.6 Å². The maximum Gasteiger partial charge on any atom is 0.417 e. The van der Waals surface area contributed by atoms with Gasteiger partial charge in [-0.05, 0) is 24.3 Å². The van der Waals surface area contributed by atoms with Crippen LogP contribution in [0, 0.1) is 0 Å². The summed E-state index contributed by atoms with van der Waals surface area (Å²) in [6, 6.07) is 4.88. The van der Waals surface area contributed by atoms with E-state index in [0.717, 1.165) is 10.6 Å². The van der Waals surface area contributed by atoms with Crippen LogP contribution in [0.5, 0.6) is 0 Å². The van der Waals surface area contributed by atoms with E-state index < -0.39 is 28.9 Å². The summed E-state index contributed by atoms with van der Waals surface area (Å²) in [4.78, 5) is 44.2. The van der Waals surface area contributed by atoms with Crippen LogP contribution in [0.3, 0.4) is 0 Å². The number of hydrogen-bond acceptors (Lipinski definition) is 6. The van der Waals surface area contributed by atoms with Crippen LogP contribution in [0.2, 0.25) is 0 Å². The number of alkyl halides is 3. The molecule has 12 heteroatoms. The fourth-order valence-electron chi connectivity index (χ4n) is 2.70. The van der Waals surface area contributed by atoms with Gasteiger partial charge in [0.15, 0.2) is 0 Å². The van der Waals surface area contributed by atoms with Gasteiger partial charge in [-0.15, -0.1) is 0 Å². The zero-order valence-corrected chi connectivity index (χ0v) is 15.9. The summed E-state index contributed by atoms with van der Waals surface area (Å²) in [5.41, 5.74) is -1.83. The van der Waals surface area contributed by atoms with Crippen molar-refractivity contribution in [1.29, 1.82) is 0 Å². The zero-order chi connectivity index (χ0) is 22.1. The third-order valence-corrected chi connectivity index (χ3v) is 4.34. The van der Waals surface area contributed by atoms with Gasteiger partial charge in [-0.1, -0.05) is 0 Å². The number of carbonyl (C=O) groups excluding carboxylic acids is 1. The summed E-state index contributed by atoms with van der Waals surface area (Å²) >= 11 is 0. The maximum absolute atomic E-state index is 12.5. The van der Waals surface area contributed by atoms with E-state index in [2.05, 4.69) is 20.6 Å². The number of halogens is 3. The predicted molar refractivity (Wildman–Crippen MR) is 102 cm³/mol. The molecule has 9 nitrogen and oxygen atoms in total. The molecule has 0 atom stereocenters. The third kappa shape index (κ3) is 4.16. The number of fused-ring (bicyclic) bond motifs is 1. The lowest BCUT2D eigenvalue weighted by Crippen LogP contribution is -2.37. The number of carbonyl (C=O) groups is 1. The number of amides is 1. The van der Waals surface area contributed by atoms with Crippen molar-refractivity contribution in [3.8, 4) is 0 Å². The highest BCUT2D eigenvalue weighted by Gasteiger charge is 2.30. The van der Waals surface area contributed by atoms with E-state index >= 15 is 0 Å². The minimum Gasteiger partial charge on any atom is -0.368 e. The van der Waals surface area contributed by atoms with Gasteiger partial charge in [0.05, 0.1) is 10.9 Å². The maximum atomic E-state index is 12.5. The SMILES string of the molecule is Cn1c(=O)c2ccc(C(=O)NCCNc3ccc(C(F)(F)F)cn3)nc2n(C)c1=O. The lowest BCUT2D eigenvalue weighted by molar-refractivity contribution is -0.137. The second kappa shape index (κ2) is 7.97. The fourth-order valence-corrected chi connectivity index (χ4v) is 2.70. The van der Waals surface area contributed by atoms with Crippen molar-refractivity contribution in [2.45, 2.75) is 6.18 Å². The first-order chi connectivity index (χ1) is 14.1. The highest BCUT2D eigenvalue weighted by Crippen LogP contribution is 2.28. The van der Waals surface area contributed by atoms with E-state index in [9.17, 15) is 27.6 Å². The number of aryl methyl sites for hydroxylation is 1. The first-order valence-corrected chi connectivity index (χ1v) is 8.71. The minimum absolute atomic E-state index is 0.0124. The molecule has 0 aliphatic heterocycles. The molecule has 3 rings (SSSR count). The number of rotatable bonds is 5. The van der Waals surface area contributed by atoms with Gasteiger partial charge in [-0.25, -0.2) is 14.8 Å². The number of nitrogens with zero attached hydrogens (tertiary/aromatic N) is 4. The van der Waals surface area contributed by atoms with Crippen molar-refractivity contribution in [2.75, 3.05) is 18.4 Å². The van der Waals surface area contributed by atoms with Crippen LogP contribution >= 0.6 is 0 Å². The number of anilines is 1. The number of hydrogen-bond donors (Lipinski definition) is 2. The summed E-state index contributed by atoms with van der Waals surface area (Å²) in [5.74, 6) is -0.306. The summed E-state index contributed by atoms with van der Waals surface area (Å²) in [6.07, 6.45) is -3.74. The molecule has 158 valence electrons. The van der Waals surface area contributed by atoms with Gasteiger partial charge in [0.1, 0.15) is 17.2 Å². The van der Waals surface area contributed by atoms with Gasteiger partial charge in [0.25, 0.3) is 11.5 Å². The van der Waals surface area contributed by atoms with E-state index in [-0.39, 0.29) is 35.6 Å². The largest absolute Gasteiger partial charge is 0.417 e. The lowest BCUT2D eigenvalue weighted by atomic mass is 10.2. The van der Waals surface area contributed by atoms with E-state index in [1.165, 1.54) is 36.9 Å². The molecule has 0 aliphatic rings. The Morgan fingerprint density at radius 3 is 2.43 bits per heavy atom. The van der Waals surface area contributed by atoms with Crippen LogP contribution in [-0.4, -0.2) is 38.1 Å². The zero-order valence-electron chi connectivity index (χ0n) is 15.9. The van der Waals surface area contributed by atoms with E-state index in [4.69, 9.17) is 0 Å². The van der Waals surface area contributed by atoms with Gasteiger partial charge >= 0.3 is 11.9 Å². The Morgan fingerprint density at radius 1 is 1.07 bits per heavy atom. The van der Waals surface area contributed by atoms with Crippen LogP contribution in [0.15, 0.2) is 40.1 Å². The third-order valence-electron chi connectivity index (χ3n) is 4.34. The van der Waals surface area contributed by atoms with Crippen LogP contribution in [0.1, 0.15) is 16.1 Å². The molecular weight excluding hydrogens is 405 g/mol. The van der Waals surface area contributed by atoms with Crippen LogP contribution in [0.25, 0.3) is 11.0 Å². The Kier molecular flexibility index (Phi) is 5.58. The van der Waals surface area contributed by atoms with Crippen molar-refractivity contribution in [2.24, 2.45) is 14.1 Å². The van der Waals surface area contributed by atoms with Crippen molar-refractivity contribution >= 4 is 22.8 Å². The second-order valence-corrected chi connectivity index (χ2v) is 6.39. The molecule has 3 aromatic rings. The molecule has 0 radical (unpaired) electrons. The molecule has 0 spiro atoms. The first kappa shape index (κ1) is 21.0. The van der Waals surface area contributed by atoms with Gasteiger partial charge in [0, 0.05) is 33.4 Å².